The van der Waals surface area contributed by atoms with Crippen LogP contribution in [0.5, 0.6) is 5.75 Å². The third-order valence-electron chi connectivity index (χ3n) is 3.69. The molecule has 0 fully saturated rings. The Hall–Kier alpha value is -2.03. The van der Waals surface area contributed by atoms with Crippen LogP contribution in [0.15, 0.2) is 42.5 Å². The Morgan fingerprint density at radius 1 is 1.00 bits per heavy atom. The molecule has 118 valence electrons. The largest absolute Gasteiger partial charge is 0.484 e. The van der Waals surface area contributed by atoms with Crippen LogP contribution in [-0.2, 0) is 4.79 Å². The average Bonchev–Trinajstić information content (AvgIpc) is 2.56. The predicted octanol–water partition coefficient (Wildman–Crippen LogP) is 4.31. The first kappa shape index (κ1) is 16.3. The second kappa shape index (κ2) is 9.08. The first-order valence-electron chi connectivity index (χ1n) is 8.18. The zero-order valence-electron chi connectivity index (χ0n) is 13.3. The standard InChI is InChI=1S/C19H25NO2/c1-2-3-4-5-8-13-20-19(21)15-22-18-12-11-16-9-6-7-10-17(16)14-18/h6-7,9-12,14H,2-5,8,13,15H2,1H3,(H,20,21). The smallest absolute Gasteiger partial charge is 0.257 e. The van der Waals surface area contributed by atoms with Crippen molar-refractivity contribution < 1.29 is 9.53 Å². The molecule has 0 bridgehead atoms. The van der Waals surface area contributed by atoms with Crippen LogP contribution in [0.2, 0.25) is 0 Å². The van der Waals surface area contributed by atoms with E-state index in [9.17, 15) is 4.79 Å². The summed E-state index contributed by atoms with van der Waals surface area (Å²) in [6, 6.07) is 14.0. The molecule has 22 heavy (non-hydrogen) atoms. The van der Waals surface area contributed by atoms with Gasteiger partial charge in [0.05, 0.1) is 0 Å². The normalized spacial score (nSPS) is 10.6. The van der Waals surface area contributed by atoms with Crippen LogP contribution in [0, 0.1) is 0 Å². The van der Waals surface area contributed by atoms with E-state index in [-0.39, 0.29) is 12.5 Å². The minimum atomic E-state index is -0.0522. The molecule has 0 aliphatic heterocycles. The van der Waals surface area contributed by atoms with Crippen LogP contribution >= 0.6 is 0 Å². The Bertz CT molecular complexity index is 595. The molecule has 0 aliphatic rings. The highest BCUT2D eigenvalue weighted by molar-refractivity contribution is 5.84. The molecule has 1 N–H and O–H groups in total. The van der Waals surface area contributed by atoms with Crippen molar-refractivity contribution in [1.82, 2.24) is 5.32 Å². The first-order valence-corrected chi connectivity index (χ1v) is 8.18. The molecule has 0 saturated heterocycles. The molecule has 1 amide bonds. The van der Waals surface area contributed by atoms with Gasteiger partial charge in [0.15, 0.2) is 6.61 Å². The Morgan fingerprint density at radius 3 is 2.59 bits per heavy atom. The number of hydrogen-bond donors (Lipinski definition) is 1. The molecule has 0 aliphatic carbocycles. The maximum Gasteiger partial charge on any atom is 0.257 e. The van der Waals surface area contributed by atoms with E-state index >= 15 is 0 Å². The number of fused-ring (bicyclic) bond motifs is 1. The van der Waals surface area contributed by atoms with Crippen LogP contribution in [-0.4, -0.2) is 19.1 Å². The lowest BCUT2D eigenvalue weighted by atomic mass is 10.1. The number of hydrogen-bond acceptors (Lipinski definition) is 2. The number of nitrogens with one attached hydrogen (secondary N) is 1. The highest BCUT2D eigenvalue weighted by Crippen LogP contribution is 2.20. The molecule has 2 aromatic carbocycles. The first-order chi connectivity index (χ1) is 10.8. The van der Waals surface area contributed by atoms with Crippen molar-refractivity contribution in [2.45, 2.75) is 39.0 Å². The van der Waals surface area contributed by atoms with Crippen molar-refractivity contribution >= 4 is 16.7 Å². The molecule has 0 atom stereocenters. The van der Waals surface area contributed by atoms with Gasteiger partial charge in [-0.05, 0) is 29.3 Å². The lowest BCUT2D eigenvalue weighted by Gasteiger charge is -2.08. The van der Waals surface area contributed by atoms with Gasteiger partial charge in [-0.2, -0.15) is 0 Å². The highest BCUT2D eigenvalue weighted by Gasteiger charge is 2.03. The fourth-order valence-electron chi connectivity index (χ4n) is 2.41. The Labute approximate surface area is 132 Å². The maximum absolute atomic E-state index is 11.7. The second-order valence-corrected chi connectivity index (χ2v) is 5.56. The van der Waals surface area contributed by atoms with Crippen LogP contribution < -0.4 is 10.1 Å². The van der Waals surface area contributed by atoms with Gasteiger partial charge in [-0.15, -0.1) is 0 Å². The van der Waals surface area contributed by atoms with Crippen LogP contribution in [0.1, 0.15) is 39.0 Å². The summed E-state index contributed by atoms with van der Waals surface area (Å²) in [5, 5.41) is 5.20. The molecule has 2 aromatic rings. The topological polar surface area (TPSA) is 38.3 Å². The van der Waals surface area contributed by atoms with Crippen molar-refractivity contribution in [3.05, 3.63) is 42.5 Å². The number of ether oxygens (including phenoxy) is 1. The quantitative estimate of drug-likeness (QED) is 0.701. The monoisotopic (exact) mass is 299 g/mol. The van der Waals surface area contributed by atoms with E-state index in [1.807, 2.05) is 36.4 Å². The number of carbonyl (C=O) groups excluding carboxylic acids is 1. The van der Waals surface area contributed by atoms with Gasteiger partial charge in [0.25, 0.3) is 5.91 Å². The third-order valence-corrected chi connectivity index (χ3v) is 3.69. The van der Waals surface area contributed by atoms with Crippen molar-refractivity contribution in [3.8, 4) is 5.75 Å². The molecular formula is C19H25NO2. The van der Waals surface area contributed by atoms with E-state index in [1.165, 1.54) is 31.1 Å². The number of amides is 1. The van der Waals surface area contributed by atoms with E-state index < -0.39 is 0 Å². The lowest BCUT2D eigenvalue weighted by Crippen LogP contribution is -2.29. The van der Waals surface area contributed by atoms with Crippen LogP contribution in [0.25, 0.3) is 10.8 Å². The molecule has 0 unspecified atom stereocenters. The summed E-state index contributed by atoms with van der Waals surface area (Å²) in [5.74, 6) is 0.681. The number of unbranched alkanes of at least 4 members (excludes halogenated alkanes) is 4. The lowest BCUT2D eigenvalue weighted by molar-refractivity contribution is -0.123. The summed E-state index contributed by atoms with van der Waals surface area (Å²) in [5.41, 5.74) is 0. The van der Waals surface area contributed by atoms with Gasteiger partial charge in [0.2, 0.25) is 0 Å². The average molecular weight is 299 g/mol. The molecule has 0 radical (unpaired) electrons. The van der Waals surface area contributed by atoms with Crippen molar-refractivity contribution in [2.75, 3.05) is 13.2 Å². The molecule has 3 heteroatoms. The number of carbonyl (C=O) groups is 1. The molecule has 3 nitrogen and oxygen atoms in total. The summed E-state index contributed by atoms with van der Waals surface area (Å²) in [7, 11) is 0. The summed E-state index contributed by atoms with van der Waals surface area (Å²) < 4.78 is 5.56. The van der Waals surface area contributed by atoms with Crippen molar-refractivity contribution in [1.29, 1.82) is 0 Å². The minimum absolute atomic E-state index is 0.0522. The minimum Gasteiger partial charge on any atom is -0.484 e. The summed E-state index contributed by atoms with van der Waals surface area (Å²) >= 11 is 0. The van der Waals surface area contributed by atoms with E-state index in [0.717, 1.165) is 24.1 Å². The van der Waals surface area contributed by atoms with Crippen LogP contribution in [0.4, 0.5) is 0 Å². The highest BCUT2D eigenvalue weighted by atomic mass is 16.5. The number of benzene rings is 2. The fourth-order valence-corrected chi connectivity index (χ4v) is 2.41. The maximum atomic E-state index is 11.7. The van der Waals surface area contributed by atoms with Gasteiger partial charge in [-0.1, -0.05) is 62.9 Å². The fraction of sp³-hybridized carbons (Fsp3) is 0.421. The summed E-state index contributed by atoms with van der Waals surface area (Å²) in [4.78, 5) is 11.7. The van der Waals surface area contributed by atoms with Gasteiger partial charge in [0, 0.05) is 6.54 Å². The SMILES string of the molecule is CCCCCCCNC(=O)COc1ccc2ccccc2c1. The van der Waals surface area contributed by atoms with Gasteiger partial charge >= 0.3 is 0 Å². The molecule has 0 saturated carbocycles. The van der Waals surface area contributed by atoms with E-state index in [1.54, 1.807) is 0 Å². The molecule has 0 aromatic heterocycles. The summed E-state index contributed by atoms with van der Waals surface area (Å²) in [6.07, 6.45) is 5.99. The zero-order chi connectivity index (χ0) is 15.6. The Balaban J connectivity index is 1.69. The zero-order valence-corrected chi connectivity index (χ0v) is 13.3. The second-order valence-electron chi connectivity index (χ2n) is 5.56. The van der Waals surface area contributed by atoms with Gasteiger partial charge in [0.1, 0.15) is 5.75 Å². The van der Waals surface area contributed by atoms with E-state index in [0.29, 0.717) is 0 Å². The van der Waals surface area contributed by atoms with Gasteiger partial charge in [-0.25, -0.2) is 0 Å². The number of rotatable bonds is 9. The predicted molar refractivity (Wildman–Crippen MR) is 91.2 cm³/mol. The molecule has 0 heterocycles. The Kier molecular flexibility index (Phi) is 6.75. The van der Waals surface area contributed by atoms with Crippen molar-refractivity contribution in [2.24, 2.45) is 0 Å². The van der Waals surface area contributed by atoms with Crippen molar-refractivity contribution in [3.63, 3.8) is 0 Å². The van der Waals surface area contributed by atoms with Crippen LogP contribution in [0.3, 0.4) is 0 Å². The van der Waals surface area contributed by atoms with E-state index in [4.69, 9.17) is 4.74 Å². The van der Waals surface area contributed by atoms with Gasteiger partial charge in [-0.3, -0.25) is 4.79 Å². The Morgan fingerprint density at radius 2 is 1.77 bits per heavy atom. The molecular weight excluding hydrogens is 274 g/mol. The molecule has 0 spiro atoms. The van der Waals surface area contributed by atoms with Gasteiger partial charge < -0.3 is 10.1 Å². The molecule has 2 rings (SSSR count). The summed E-state index contributed by atoms with van der Waals surface area (Å²) in [6.45, 7) is 3.02. The third kappa shape index (κ3) is 5.40. The van der Waals surface area contributed by atoms with E-state index in [2.05, 4.69) is 18.3 Å².